The Morgan fingerprint density at radius 3 is 2.28 bits per heavy atom. The first-order chi connectivity index (χ1) is 11.4. The van der Waals surface area contributed by atoms with Crippen LogP contribution in [-0.4, -0.2) is 39.4 Å². The highest BCUT2D eigenvalue weighted by atomic mass is 127. The van der Waals surface area contributed by atoms with Crippen molar-refractivity contribution in [3.8, 4) is 0 Å². The number of benzene rings is 1. The Morgan fingerprint density at radius 1 is 1.12 bits per heavy atom. The Hall–Kier alpha value is -0.860. The summed E-state index contributed by atoms with van der Waals surface area (Å²) in [6.07, 6.45) is 0.113. The van der Waals surface area contributed by atoms with Gasteiger partial charge in [-0.3, -0.25) is 0 Å². The average molecular weight is 463 g/mol. The molecule has 0 heterocycles. The molecular formula is C19H34IN3O2. The molecule has 0 aromatic heterocycles. The molecule has 0 fully saturated rings. The molecule has 1 unspecified atom stereocenters. The van der Waals surface area contributed by atoms with Gasteiger partial charge in [-0.1, -0.05) is 45.0 Å². The first kappa shape index (κ1) is 24.1. The van der Waals surface area contributed by atoms with Crippen molar-refractivity contribution in [1.29, 1.82) is 0 Å². The Balaban J connectivity index is 0.00000576. The van der Waals surface area contributed by atoms with Crippen LogP contribution in [0.4, 0.5) is 0 Å². The topological polar surface area (TPSA) is 54.9 Å². The molecule has 0 aliphatic heterocycles. The lowest BCUT2D eigenvalue weighted by Crippen LogP contribution is -2.45. The Morgan fingerprint density at radius 2 is 1.76 bits per heavy atom. The number of rotatable bonds is 8. The van der Waals surface area contributed by atoms with E-state index in [0.717, 1.165) is 12.5 Å². The molecule has 0 spiro atoms. The molecule has 1 aromatic carbocycles. The smallest absolute Gasteiger partial charge is 0.191 e. The second-order valence-electron chi connectivity index (χ2n) is 6.87. The predicted molar refractivity (Wildman–Crippen MR) is 116 cm³/mol. The summed E-state index contributed by atoms with van der Waals surface area (Å²) in [7, 11) is 3.46. The molecule has 144 valence electrons. The van der Waals surface area contributed by atoms with Crippen LogP contribution in [0.1, 0.15) is 38.8 Å². The summed E-state index contributed by atoms with van der Waals surface area (Å²) >= 11 is 0. The highest BCUT2D eigenvalue weighted by molar-refractivity contribution is 14.0. The van der Waals surface area contributed by atoms with E-state index in [1.54, 1.807) is 14.2 Å². The number of halogens is 1. The summed E-state index contributed by atoms with van der Waals surface area (Å²) < 4.78 is 10.9. The zero-order valence-corrected chi connectivity index (χ0v) is 18.7. The second-order valence-corrected chi connectivity index (χ2v) is 6.87. The maximum absolute atomic E-state index is 5.60. The molecule has 25 heavy (non-hydrogen) atoms. The zero-order valence-electron chi connectivity index (χ0n) is 16.4. The third kappa shape index (κ3) is 8.87. The molecule has 0 radical (unpaired) electrons. The quantitative estimate of drug-likeness (QED) is 0.352. The number of nitrogens with one attached hydrogen (secondary N) is 2. The summed E-state index contributed by atoms with van der Waals surface area (Å²) in [6, 6.07) is 8.23. The fourth-order valence-electron chi connectivity index (χ4n) is 2.45. The number of hydrogen-bond donors (Lipinski definition) is 2. The van der Waals surface area contributed by atoms with Gasteiger partial charge in [-0.2, -0.15) is 0 Å². The normalized spacial score (nSPS) is 13.1. The van der Waals surface area contributed by atoms with Gasteiger partial charge in [0.15, 0.2) is 5.96 Å². The SMILES string of the molecule is CCNC(=NCc1ccccc1COC)NCC(OC)C(C)(C)C.I. The molecule has 5 nitrogen and oxygen atoms in total. The third-order valence-corrected chi connectivity index (χ3v) is 3.88. The van der Waals surface area contributed by atoms with Crippen molar-refractivity contribution < 1.29 is 9.47 Å². The van der Waals surface area contributed by atoms with E-state index in [1.807, 2.05) is 12.1 Å². The predicted octanol–water partition coefficient (Wildman–Crippen LogP) is 3.57. The van der Waals surface area contributed by atoms with Crippen molar-refractivity contribution in [2.75, 3.05) is 27.3 Å². The summed E-state index contributed by atoms with van der Waals surface area (Å²) in [5.41, 5.74) is 2.42. The van der Waals surface area contributed by atoms with E-state index < -0.39 is 0 Å². The molecule has 0 saturated heterocycles. The van der Waals surface area contributed by atoms with E-state index in [-0.39, 0.29) is 35.5 Å². The Bertz CT molecular complexity index is 516. The second kappa shape index (κ2) is 12.5. The molecule has 0 amide bonds. The molecular weight excluding hydrogens is 429 g/mol. The summed E-state index contributed by atoms with van der Waals surface area (Å²) in [5.74, 6) is 0.802. The molecule has 1 aromatic rings. The molecule has 0 aliphatic rings. The first-order valence-electron chi connectivity index (χ1n) is 8.53. The van der Waals surface area contributed by atoms with Crippen molar-refractivity contribution in [3.63, 3.8) is 0 Å². The van der Waals surface area contributed by atoms with Crippen molar-refractivity contribution in [1.82, 2.24) is 10.6 Å². The fraction of sp³-hybridized carbons (Fsp3) is 0.632. The fourth-order valence-corrected chi connectivity index (χ4v) is 2.45. The highest BCUT2D eigenvalue weighted by Gasteiger charge is 2.24. The van der Waals surface area contributed by atoms with Gasteiger partial charge in [0.05, 0.1) is 19.3 Å². The van der Waals surface area contributed by atoms with Crippen LogP contribution in [-0.2, 0) is 22.6 Å². The van der Waals surface area contributed by atoms with Gasteiger partial charge in [-0.15, -0.1) is 24.0 Å². The van der Waals surface area contributed by atoms with Gasteiger partial charge in [-0.25, -0.2) is 4.99 Å². The number of aliphatic imine (C=N–C) groups is 1. The minimum atomic E-state index is 0. The number of guanidine groups is 1. The van der Waals surface area contributed by atoms with Crippen LogP contribution in [0.5, 0.6) is 0 Å². The van der Waals surface area contributed by atoms with Crippen molar-refractivity contribution >= 4 is 29.9 Å². The van der Waals surface area contributed by atoms with Gasteiger partial charge < -0.3 is 20.1 Å². The maximum atomic E-state index is 5.60. The molecule has 1 atom stereocenters. The van der Waals surface area contributed by atoms with Crippen LogP contribution in [0.25, 0.3) is 0 Å². The van der Waals surface area contributed by atoms with Crippen LogP contribution in [0.15, 0.2) is 29.3 Å². The lowest BCUT2D eigenvalue weighted by Gasteiger charge is -2.30. The van der Waals surface area contributed by atoms with Crippen molar-refractivity contribution in [2.45, 2.75) is 47.0 Å². The van der Waals surface area contributed by atoms with E-state index in [2.05, 4.69) is 50.5 Å². The lowest BCUT2D eigenvalue weighted by molar-refractivity contribution is 0.0205. The number of hydrogen-bond acceptors (Lipinski definition) is 3. The summed E-state index contributed by atoms with van der Waals surface area (Å²) in [5, 5.41) is 6.67. The third-order valence-electron chi connectivity index (χ3n) is 3.88. The summed E-state index contributed by atoms with van der Waals surface area (Å²) in [4.78, 5) is 4.70. The van der Waals surface area contributed by atoms with E-state index in [0.29, 0.717) is 19.7 Å². The summed E-state index contributed by atoms with van der Waals surface area (Å²) in [6.45, 7) is 11.3. The van der Waals surface area contributed by atoms with Gasteiger partial charge >= 0.3 is 0 Å². The monoisotopic (exact) mass is 463 g/mol. The molecule has 2 N–H and O–H groups in total. The van der Waals surface area contributed by atoms with Gasteiger partial charge in [-0.05, 0) is 23.5 Å². The van der Waals surface area contributed by atoms with E-state index in [1.165, 1.54) is 11.1 Å². The first-order valence-corrected chi connectivity index (χ1v) is 8.53. The van der Waals surface area contributed by atoms with Crippen LogP contribution in [0, 0.1) is 5.41 Å². The van der Waals surface area contributed by atoms with Gasteiger partial charge in [0.1, 0.15) is 0 Å². The molecule has 1 rings (SSSR count). The molecule has 0 aliphatic carbocycles. The minimum absolute atomic E-state index is 0. The van der Waals surface area contributed by atoms with E-state index >= 15 is 0 Å². The van der Waals surface area contributed by atoms with Crippen molar-refractivity contribution in [2.24, 2.45) is 10.4 Å². The van der Waals surface area contributed by atoms with Crippen molar-refractivity contribution in [3.05, 3.63) is 35.4 Å². The lowest BCUT2D eigenvalue weighted by atomic mass is 9.89. The Labute approximate surface area is 170 Å². The van der Waals surface area contributed by atoms with E-state index in [9.17, 15) is 0 Å². The molecule has 0 bridgehead atoms. The van der Waals surface area contributed by atoms with Crippen LogP contribution in [0.3, 0.4) is 0 Å². The van der Waals surface area contributed by atoms with Crippen LogP contribution in [0.2, 0.25) is 0 Å². The largest absolute Gasteiger partial charge is 0.380 e. The molecule has 0 saturated carbocycles. The maximum Gasteiger partial charge on any atom is 0.191 e. The zero-order chi connectivity index (χ0) is 18.0. The van der Waals surface area contributed by atoms with Crippen LogP contribution < -0.4 is 10.6 Å². The van der Waals surface area contributed by atoms with E-state index in [4.69, 9.17) is 14.5 Å². The number of methoxy groups -OCH3 is 2. The van der Waals surface area contributed by atoms with Gasteiger partial charge in [0, 0.05) is 27.3 Å². The minimum Gasteiger partial charge on any atom is -0.380 e. The van der Waals surface area contributed by atoms with Gasteiger partial charge in [0.2, 0.25) is 0 Å². The van der Waals surface area contributed by atoms with Gasteiger partial charge in [0.25, 0.3) is 0 Å². The highest BCUT2D eigenvalue weighted by Crippen LogP contribution is 2.20. The molecule has 6 heteroatoms. The van der Waals surface area contributed by atoms with Crippen LogP contribution >= 0.6 is 24.0 Å². The Kier molecular flexibility index (Phi) is 12.1. The standard InChI is InChI=1S/C19H33N3O2.HI/c1-7-20-18(22-13-17(24-6)19(2,3)4)21-12-15-10-8-9-11-16(15)14-23-5;/h8-11,17H,7,12-14H2,1-6H3,(H2,20,21,22);1H. The number of ether oxygens (including phenoxy) is 2. The number of nitrogens with zero attached hydrogens (tertiary/aromatic N) is 1. The average Bonchev–Trinajstić information content (AvgIpc) is 2.53.